The predicted molar refractivity (Wildman–Crippen MR) is 100 cm³/mol. The number of nitrogens with zero attached hydrogens (tertiary/aromatic N) is 1. The molecule has 1 aromatic carbocycles. The summed E-state index contributed by atoms with van der Waals surface area (Å²) in [5, 5.41) is 0.858. The van der Waals surface area contributed by atoms with E-state index in [0.717, 1.165) is 11.1 Å². The Labute approximate surface area is 157 Å². The number of hydrogen-bond acceptors (Lipinski definition) is 4. The molecular formula is C17H23Cl2NO3S. The molecule has 2 atom stereocenters. The van der Waals surface area contributed by atoms with Crippen molar-refractivity contribution in [1.82, 2.24) is 4.31 Å². The lowest BCUT2D eigenvalue weighted by Gasteiger charge is -2.34. The van der Waals surface area contributed by atoms with Crippen LogP contribution in [0.1, 0.15) is 38.8 Å². The van der Waals surface area contributed by atoms with E-state index in [1.54, 1.807) is 19.2 Å². The van der Waals surface area contributed by atoms with Crippen molar-refractivity contribution in [1.29, 1.82) is 0 Å². The minimum atomic E-state index is -1.21. The Morgan fingerprint density at radius 3 is 2.62 bits per heavy atom. The van der Waals surface area contributed by atoms with Gasteiger partial charge in [-0.25, -0.2) is 0 Å². The molecule has 1 saturated heterocycles. The van der Waals surface area contributed by atoms with E-state index in [2.05, 4.69) is 6.58 Å². The third kappa shape index (κ3) is 4.21. The molecule has 0 saturated carbocycles. The third-order valence-corrected chi connectivity index (χ3v) is 6.38. The van der Waals surface area contributed by atoms with Crippen molar-refractivity contribution >= 4 is 34.6 Å². The first-order valence-corrected chi connectivity index (χ1v) is 9.48. The molecule has 24 heavy (non-hydrogen) atoms. The second-order valence-corrected chi connectivity index (χ2v) is 9.71. The summed E-state index contributed by atoms with van der Waals surface area (Å²) in [6.07, 6.45) is 0.658. The largest absolute Gasteiger partial charge is 0.597 e. The van der Waals surface area contributed by atoms with Gasteiger partial charge in [0.1, 0.15) is 10.5 Å². The smallest absolute Gasteiger partial charge is 0.188 e. The zero-order valence-electron chi connectivity index (χ0n) is 14.4. The van der Waals surface area contributed by atoms with Crippen LogP contribution >= 0.6 is 23.2 Å². The molecule has 1 heterocycles. The van der Waals surface area contributed by atoms with E-state index in [4.69, 9.17) is 32.7 Å². The minimum absolute atomic E-state index is 0.0982. The molecule has 0 aliphatic carbocycles. The summed E-state index contributed by atoms with van der Waals surface area (Å²) in [5.74, 6) is 0.585. The predicted octanol–water partition coefficient (Wildman–Crippen LogP) is 4.74. The van der Waals surface area contributed by atoms with Crippen molar-refractivity contribution in [3.63, 3.8) is 0 Å². The zero-order valence-corrected chi connectivity index (χ0v) is 16.7. The molecule has 0 radical (unpaired) electrons. The monoisotopic (exact) mass is 391 g/mol. The van der Waals surface area contributed by atoms with Crippen molar-refractivity contribution in [2.24, 2.45) is 0 Å². The molecule has 0 bridgehead atoms. The van der Waals surface area contributed by atoms with Crippen LogP contribution in [0.15, 0.2) is 24.3 Å². The second-order valence-electron chi connectivity index (χ2n) is 6.73. The quantitative estimate of drug-likeness (QED) is 0.413. The van der Waals surface area contributed by atoms with E-state index in [1.165, 1.54) is 0 Å². The summed E-state index contributed by atoms with van der Waals surface area (Å²) in [5.41, 5.74) is 1.74. The summed E-state index contributed by atoms with van der Waals surface area (Å²) < 4.78 is 25.2. The average Bonchev–Trinajstić information content (AvgIpc) is 2.88. The first-order chi connectivity index (χ1) is 11.2. The zero-order chi connectivity index (χ0) is 18.1. The van der Waals surface area contributed by atoms with E-state index in [9.17, 15) is 4.55 Å². The van der Waals surface area contributed by atoms with Crippen LogP contribution < -0.4 is 4.74 Å². The Morgan fingerprint density at radius 1 is 1.38 bits per heavy atom. The van der Waals surface area contributed by atoms with Gasteiger partial charge in [0, 0.05) is 24.0 Å². The van der Waals surface area contributed by atoms with Gasteiger partial charge in [-0.3, -0.25) is 0 Å². The first kappa shape index (κ1) is 19.9. The molecule has 1 aromatic rings. The Kier molecular flexibility index (Phi) is 6.51. The minimum Gasteiger partial charge on any atom is -0.597 e. The number of benzene rings is 1. The Balaban J connectivity index is 2.47. The molecule has 1 aliphatic rings. The summed E-state index contributed by atoms with van der Waals surface area (Å²) in [7, 11) is 1.55. The molecular weight excluding hydrogens is 369 g/mol. The molecule has 4 nitrogen and oxygen atoms in total. The Hall–Kier alpha value is -0.430. The highest BCUT2D eigenvalue weighted by Crippen LogP contribution is 2.47. The topological polar surface area (TPSA) is 44.8 Å². The van der Waals surface area contributed by atoms with Crippen LogP contribution in [0.5, 0.6) is 5.75 Å². The van der Waals surface area contributed by atoms with Crippen LogP contribution in [0.2, 0.25) is 10.0 Å². The SMILES string of the molecule is C=C1C[C@H](c2c(OCOC)ccc(Cl)c2Cl)N([S+]([O-])C(C)(C)C)C1. The Bertz CT molecular complexity index is 619. The molecule has 1 unspecified atom stereocenters. The van der Waals surface area contributed by atoms with Crippen LogP contribution in [0.25, 0.3) is 0 Å². The molecule has 1 aliphatic heterocycles. The van der Waals surface area contributed by atoms with Gasteiger partial charge in [0.15, 0.2) is 6.79 Å². The highest BCUT2D eigenvalue weighted by Gasteiger charge is 2.44. The van der Waals surface area contributed by atoms with E-state index in [-0.39, 0.29) is 17.6 Å². The molecule has 134 valence electrons. The van der Waals surface area contributed by atoms with Gasteiger partial charge < -0.3 is 14.0 Å². The Morgan fingerprint density at radius 2 is 2.04 bits per heavy atom. The standard InChI is InChI=1S/C17H23Cl2NO3S/c1-11-8-13(20(9-11)24(21)17(2,3)4)15-14(23-10-22-5)7-6-12(18)16(15)19/h6-7,13H,1,8-10H2,2-5H3/t13-,24?/m1/s1. The molecule has 1 fully saturated rings. The molecule has 0 N–H and O–H groups in total. The number of rotatable bonds is 5. The van der Waals surface area contributed by atoms with Crippen LogP contribution in [-0.2, 0) is 16.1 Å². The van der Waals surface area contributed by atoms with E-state index >= 15 is 0 Å². The highest BCUT2D eigenvalue weighted by molar-refractivity contribution is 7.90. The molecule has 7 heteroatoms. The van der Waals surface area contributed by atoms with Gasteiger partial charge in [0.2, 0.25) is 0 Å². The van der Waals surface area contributed by atoms with Gasteiger partial charge in [-0.1, -0.05) is 35.4 Å². The fourth-order valence-corrected chi connectivity index (χ4v) is 4.51. The summed E-state index contributed by atoms with van der Waals surface area (Å²) in [4.78, 5) is 0. The number of hydrogen-bond donors (Lipinski definition) is 0. The molecule has 0 amide bonds. The van der Waals surface area contributed by atoms with Crippen molar-refractivity contribution in [3.05, 3.63) is 39.9 Å². The van der Waals surface area contributed by atoms with Gasteiger partial charge in [-0.15, -0.1) is 4.31 Å². The van der Waals surface area contributed by atoms with Gasteiger partial charge >= 0.3 is 0 Å². The maximum atomic E-state index is 13.0. The molecule has 0 aromatic heterocycles. The van der Waals surface area contributed by atoms with Crippen molar-refractivity contribution in [2.75, 3.05) is 20.4 Å². The lowest BCUT2D eigenvalue weighted by molar-refractivity contribution is 0.0498. The molecule has 2 rings (SSSR count). The number of methoxy groups -OCH3 is 1. The number of ether oxygens (including phenoxy) is 2. The lowest BCUT2D eigenvalue weighted by Crippen LogP contribution is -2.42. The molecule has 0 spiro atoms. The van der Waals surface area contributed by atoms with Crippen molar-refractivity contribution in [3.8, 4) is 5.75 Å². The first-order valence-electron chi connectivity index (χ1n) is 7.61. The normalized spacial score (nSPS) is 20.5. The van der Waals surface area contributed by atoms with Crippen molar-refractivity contribution < 1.29 is 14.0 Å². The summed E-state index contributed by atoms with van der Waals surface area (Å²) in [6, 6.07) is 3.25. The van der Waals surface area contributed by atoms with E-state index in [1.807, 2.05) is 25.1 Å². The maximum absolute atomic E-state index is 13.0. The fraction of sp³-hybridized carbons (Fsp3) is 0.529. The van der Waals surface area contributed by atoms with Crippen molar-refractivity contribution in [2.45, 2.75) is 38.0 Å². The van der Waals surface area contributed by atoms with Crippen LogP contribution in [-0.4, -0.2) is 34.1 Å². The number of halogens is 2. The van der Waals surface area contributed by atoms with Gasteiger partial charge in [0.05, 0.1) is 22.6 Å². The maximum Gasteiger partial charge on any atom is 0.188 e. The van der Waals surface area contributed by atoms with Crippen LogP contribution in [0.4, 0.5) is 0 Å². The highest BCUT2D eigenvalue weighted by atomic mass is 35.5. The van der Waals surface area contributed by atoms with E-state index in [0.29, 0.717) is 28.8 Å². The second kappa shape index (κ2) is 7.85. The average molecular weight is 392 g/mol. The fourth-order valence-electron chi connectivity index (χ4n) is 2.65. The third-order valence-electron chi connectivity index (χ3n) is 3.70. The van der Waals surface area contributed by atoms with Gasteiger partial charge in [-0.05, 0) is 39.3 Å². The summed E-state index contributed by atoms with van der Waals surface area (Å²) in [6.45, 7) is 10.6. The van der Waals surface area contributed by atoms with Gasteiger partial charge in [0.25, 0.3) is 0 Å². The summed E-state index contributed by atoms with van der Waals surface area (Å²) >= 11 is 11.5. The van der Waals surface area contributed by atoms with E-state index < -0.39 is 11.4 Å². The van der Waals surface area contributed by atoms with Gasteiger partial charge in [-0.2, -0.15) is 0 Å². The van der Waals surface area contributed by atoms with Crippen LogP contribution in [0, 0.1) is 0 Å². The van der Waals surface area contributed by atoms with Crippen LogP contribution in [0.3, 0.4) is 0 Å². The lowest BCUT2D eigenvalue weighted by atomic mass is 10.0.